The van der Waals surface area contributed by atoms with Gasteiger partial charge in [0.2, 0.25) is 5.91 Å². The Morgan fingerprint density at radius 2 is 1.68 bits per heavy atom. The van der Waals surface area contributed by atoms with Gasteiger partial charge in [0.25, 0.3) is 5.56 Å². The summed E-state index contributed by atoms with van der Waals surface area (Å²) in [7, 11) is 4.90. The van der Waals surface area contributed by atoms with Gasteiger partial charge >= 0.3 is 12.1 Å². The number of alkyl halides is 3. The van der Waals surface area contributed by atoms with Crippen molar-refractivity contribution in [1.29, 1.82) is 0 Å². The standard InChI is InChI=1S/C23H26F3N7O4/c1-30-8-10-33(11-9-30)17-12-16(19-20(29-17)31(2)22(36)32(3)21(19)35)27-13-18(34)28-14-4-6-15(7-5-14)37-23(24,25)26/h4-7,12H,8-11,13H2,1-3H3,(H,27,29)(H,28,34). The Kier molecular flexibility index (Phi) is 7.12. The zero-order valence-corrected chi connectivity index (χ0v) is 20.4. The molecule has 0 unspecified atom stereocenters. The van der Waals surface area contributed by atoms with E-state index < -0.39 is 29.3 Å². The average molecular weight is 522 g/mol. The minimum Gasteiger partial charge on any atom is -0.406 e. The molecule has 3 heterocycles. The molecule has 0 spiro atoms. The number of anilines is 3. The Morgan fingerprint density at radius 3 is 2.30 bits per heavy atom. The first-order valence-electron chi connectivity index (χ1n) is 11.4. The molecular formula is C23H26F3N7O4. The predicted molar refractivity (Wildman–Crippen MR) is 132 cm³/mol. The van der Waals surface area contributed by atoms with Gasteiger partial charge < -0.3 is 25.2 Å². The largest absolute Gasteiger partial charge is 0.573 e. The van der Waals surface area contributed by atoms with E-state index in [4.69, 9.17) is 0 Å². The van der Waals surface area contributed by atoms with Crippen LogP contribution >= 0.6 is 0 Å². The van der Waals surface area contributed by atoms with Crippen molar-refractivity contribution < 1.29 is 22.7 Å². The smallest absolute Gasteiger partial charge is 0.406 e. The van der Waals surface area contributed by atoms with Crippen molar-refractivity contribution in [2.24, 2.45) is 14.1 Å². The fourth-order valence-corrected chi connectivity index (χ4v) is 4.00. The summed E-state index contributed by atoms with van der Waals surface area (Å²) in [5.41, 5.74) is -0.301. The summed E-state index contributed by atoms with van der Waals surface area (Å²) < 4.78 is 43.1. The number of ether oxygens (including phenoxy) is 1. The van der Waals surface area contributed by atoms with Crippen molar-refractivity contribution in [1.82, 2.24) is 19.0 Å². The monoisotopic (exact) mass is 521 g/mol. The molecule has 0 atom stereocenters. The highest BCUT2D eigenvalue weighted by Crippen LogP contribution is 2.26. The second-order valence-electron chi connectivity index (χ2n) is 8.70. The van der Waals surface area contributed by atoms with E-state index in [-0.39, 0.29) is 23.3 Å². The number of nitrogens with zero attached hydrogens (tertiary/aromatic N) is 5. The Bertz CT molecular complexity index is 1430. The number of amides is 1. The van der Waals surface area contributed by atoms with Gasteiger partial charge in [-0.15, -0.1) is 13.2 Å². The summed E-state index contributed by atoms with van der Waals surface area (Å²) in [6.07, 6.45) is -4.81. The topological polar surface area (TPSA) is 114 Å². The summed E-state index contributed by atoms with van der Waals surface area (Å²) in [4.78, 5) is 46.9. The molecule has 11 nitrogen and oxygen atoms in total. The summed E-state index contributed by atoms with van der Waals surface area (Å²) >= 11 is 0. The zero-order valence-electron chi connectivity index (χ0n) is 20.4. The lowest BCUT2D eigenvalue weighted by atomic mass is 10.2. The molecule has 0 aliphatic carbocycles. The van der Waals surface area contributed by atoms with Crippen LogP contribution in [0.3, 0.4) is 0 Å². The van der Waals surface area contributed by atoms with Crippen LogP contribution in [0.25, 0.3) is 11.0 Å². The number of hydrogen-bond donors (Lipinski definition) is 2. The molecule has 37 heavy (non-hydrogen) atoms. The lowest BCUT2D eigenvalue weighted by molar-refractivity contribution is -0.274. The minimum atomic E-state index is -4.81. The number of pyridine rings is 1. The quantitative estimate of drug-likeness (QED) is 0.500. The summed E-state index contributed by atoms with van der Waals surface area (Å²) in [6.45, 7) is 2.76. The third-order valence-corrected chi connectivity index (χ3v) is 6.04. The zero-order chi connectivity index (χ0) is 26.9. The Morgan fingerprint density at radius 1 is 1.03 bits per heavy atom. The van der Waals surface area contributed by atoms with Gasteiger partial charge in [0.1, 0.15) is 17.0 Å². The molecule has 2 aromatic heterocycles. The van der Waals surface area contributed by atoms with E-state index in [1.54, 1.807) is 6.07 Å². The molecular weight excluding hydrogens is 495 g/mol. The van der Waals surface area contributed by atoms with Gasteiger partial charge in [0.05, 0.1) is 12.2 Å². The van der Waals surface area contributed by atoms with E-state index in [0.29, 0.717) is 24.6 Å². The fraction of sp³-hybridized carbons (Fsp3) is 0.391. The van der Waals surface area contributed by atoms with Gasteiger partial charge in [-0.05, 0) is 31.3 Å². The van der Waals surface area contributed by atoms with Crippen molar-refractivity contribution in [3.8, 4) is 5.75 Å². The van der Waals surface area contributed by atoms with Crippen LogP contribution < -0.4 is 31.5 Å². The third kappa shape index (κ3) is 5.85. The molecule has 0 saturated carbocycles. The number of carbonyl (C=O) groups is 1. The third-order valence-electron chi connectivity index (χ3n) is 6.04. The molecule has 0 bridgehead atoms. The number of likely N-dealkylation sites (N-methyl/N-ethyl adjacent to an activating group) is 1. The molecule has 198 valence electrons. The number of halogens is 3. The molecule has 3 aromatic rings. The molecule has 4 rings (SSSR count). The van der Waals surface area contributed by atoms with Crippen LogP contribution in [0.4, 0.5) is 30.4 Å². The second-order valence-corrected chi connectivity index (χ2v) is 8.70. The van der Waals surface area contributed by atoms with Crippen LogP contribution in [-0.4, -0.2) is 71.1 Å². The normalized spacial score (nSPS) is 14.6. The van der Waals surface area contributed by atoms with Crippen LogP contribution in [0.15, 0.2) is 39.9 Å². The minimum absolute atomic E-state index is 0.156. The van der Waals surface area contributed by atoms with Crippen LogP contribution in [0, 0.1) is 0 Å². The van der Waals surface area contributed by atoms with Crippen LogP contribution in [0.5, 0.6) is 5.75 Å². The number of aromatic nitrogens is 3. The molecule has 14 heteroatoms. The summed E-state index contributed by atoms with van der Waals surface area (Å²) in [6, 6.07) is 6.39. The molecule has 1 saturated heterocycles. The number of rotatable bonds is 6. The van der Waals surface area contributed by atoms with E-state index in [0.717, 1.165) is 29.8 Å². The fourth-order valence-electron chi connectivity index (χ4n) is 4.00. The van der Waals surface area contributed by atoms with Crippen molar-refractivity contribution in [2.75, 3.05) is 55.3 Å². The highest BCUT2D eigenvalue weighted by atomic mass is 19.4. The van der Waals surface area contributed by atoms with Crippen molar-refractivity contribution in [3.05, 3.63) is 51.2 Å². The maximum atomic E-state index is 13.0. The van der Waals surface area contributed by atoms with Crippen molar-refractivity contribution in [3.63, 3.8) is 0 Å². The molecule has 1 aliphatic rings. The predicted octanol–water partition coefficient (Wildman–Crippen LogP) is 1.33. The average Bonchev–Trinajstić information content (AvgIpc) is 2.85. The van der Waals surface area contributed by atoms with Crippen LogP contribution in [0.2, 0.25) is 0 Å². The lowest BCUT2D eigenvalue weighted by Crippen LogP contribution is -2.45. The highest BCUT2D eigenvalue weighted by molar-refractivity contribution is 5.96. The first kappa shape index (κ1) is 26.0. The lowest BCUT2D eigenvalue weighted by Gasteiger charge is -2.33. The van der Waals surface area contributed by atoms with E-state index in [2.05, 4.69) is 25.3 Å². The number of hydrogen-bond acceptors (Lipinski definition) is 8. The van der Waals surface area contributed by atoms with Gasteiger partial charge in [0.15, 0.2) is 5.65 Å². The molecule has 0 radical (unpaired) electrons. The maximum absolute atomic E-state index is 13.0. The van der Waals surface area contributed by atoms with E-state index in [9.17, 15) is 27.6 Å². The van der Waals surface area contributed by atoms with Crippen LogP contribution in [-0.2, 0) is 18.9 Å². The Labute approximate surface area is 209 Å². The first-order valence-corrected chi connectivity index (χ1v) is 11.4. The molecule has 1 amide bonds. The highest BCUT2D eigenvalue weighted by Gasteiger charge is 2.31. The van der Waals surface area contributed by atoms with Gasteiger partial charge in [-0.2, -0.15) is 0 Å². The summed E-state index contributed by atoms with van der Waals surface area (Å²) in [5, 5.41) is 5.69. The number of carbonyl (C=O) groups excluding carboxylic acids is 1. The van der Waals surface area contributed by atoms with Crippen molar-refractivity contribution >= 4 is 34.1 Å². The van der Waals surface area contributed by atoms with E-state index >= 15 is 0 Å². The number of benzene rings is 1. The number of fused-ring (bicyclic) bond motifs is 1. The van der Waals surface area contributed by atoms with Gasteiger partial charge in [-0.3, -0.25) is 18.7 Å². The number of piperazine rings is 1. The van der Waals surface area contributed by atoms with Gasteiger partial charge in [-0.1, -0.05) is 0 Å². The van der Waals surface area contributed by atoms with E-state index in [1.807, 2.05) is 11.9 Å². The van der Waals surface area contributed by atoms with Crippen molar-refractivity contribution in [2.45, 2.75) is 6.36 Å². The second kappa shape index (κ2) is 10.1. The molecule has 1 aromatic carbocycles. The first-order chi connectivity index (χ1) is 17.4. The molecule has 2 N–H and O–H groups in total. The van der Waals surface area contributed by atoms with E-state index in [1.165, 1.54) is 30.8 Å². The maximum Gasteiger partial charge on any atom is 0.573 e. The van der Waals surface area contributed by atoms with Crippen LogP contribution in [0.1, 0.15) is 0 Å². The Hall–Kier alpha value is -4.07. The number of nitrogens with one attached hydrogen (secondary N) is 2. The molecule has 1 aliphatic heterocycles. The summed E-state index contributed by atoms with van der Waals surface area (Å²) in [5.74, 6) is -0.353. The number of aryl methyl sites for hydroxylation is 1. The molecule has 1 fully saturated rings. The van der Waals surface area contributed by atoms with Gasteiger partial charge in [-0.25, -0.2) is 9.78 Å². The Balaban J connectivity index is 1.58. The van der Waals surface area contributed by atoms with Gasteiger partial charge in [0, 0.05) is 52.0 Å². The SMILES string of the molecule is CN1CCN(c2cc(NCC(=O)Nc3ccc(OC(F)(F)F)cc3)c3c(=O)n(C)c(=O)n(C)c3n2)CC1.